The van der Waals surface area contributed by atoms with Gasteiger partial charge < -0.3 is 4.42 Å². The lowest BCUT2D eigenvalue weighted by molar-refractivity contribution is 0.559. The molecule has 2 aromatic carbocycles. The summed E-state index contributed by atoms with van der Waals surface area (Å²) in [5.74, 6) is 6.11. The molecule has 2 heterocycles. The highest BCUT2D eigenvalue weighted by Gasteiger charge is 2.15. The second kappa shape index (κ2) is 6.43. The van der Waals surface area contributed by atoms with Gasteiger partial charge in [0.25, 0.3) is 0 Å². The third-order valence-corrected chi connectivity index (χ3v) is 4.66. The molecule has 2 aromatic heterocycles. The number of aryl methyl sites for hydroxylation is 1. The molecule has 25 heavy (non-hydrogen) atoms. The molecule has 4 rings (SSSR count). The maximum Gasteiger partial charge on any atom is 0.352 e. The standard InChI is InChI=1S/C22H14O2S/c1-15-7-9-18-20(13-15)24-22(23)19(10-8-16-11-12-25-14-16)21(18)17-5-3-2-4-6-17/h2-7,9,11-14H,1H3. The van der Waals surface area contributed by atoms with Gasteiger partial charge in [0.05, 0.1) is 0 Å². The minimum Gasteiger partial charge on any atom is -0.422 e. The largest absolute Gasteiger partial charge is 0.422 e. The van der Waals surface area contributed by atoms with Crippen LogP contribution in [0, 0.1) is 18.8 Å². The Balaban J connectivity index is 2.06. The monoisotopic (exact) mass is 342 g/mol. The number of thiophene rings is 1. The lowest BCUT2D eigenvalue weighted by Gasteiger charge is -2.09. The number of hydrogen-bond donors (Lipinski definition) is 0. The first-order valence-corrected chi connectivity index (χ1v) is 8.84. The quantitative estimate of drug-likeness (QED) is 0.350. The third-order valence-electron chi connectivity index (χ3n) is 3.98. The van der Waals surface area contributed by atoms with E-state index in [0.29, 0.717) is 11.1 Å². The Kier molecular flexibility index (Phi) is 3.97. The first-order valence-electron chi connectivity index (χ1n) is 7.89. The molecule has 3 heteroatoms. The Bertz CT molecular complexity index is 1160. The summed E-state index contributed by atoms with van der Waals surface area (Å²) in [5, 5.41) is 4.82. The Labute approximate surface area is 149 Å². The topological polar surface area (TPSA) is 30.2 Å². The molecule has 0 saturated heterocycles. The molecule has 0 aliphatic heterocycles. The van der Waals surface area contributed by atoms with Gasteiger partial charge in [-0.3, -0.25) is 0 Å². The zero-order valence-electron chi connectivity index (χ0n) is 13.6. The summed E-state index contributed by atoms with van der Waals surface area (Å²) in [6.45, 7) is 1.98. The molecule has 0 bridgehead atoms. The highest BCUT2D eigenvalue weighted by Crippen LogP contribution is 2.30. The van der Waals surface area contributed by atoms with Crippen LogP contribution < -0.4 is 5.63 Å². The molecular formula is C22H14O2S. The number of rotatable bonds is 1. The minimum atomic E-state index is -0.403. The van der Waals surface area contributed by atoms with Gasteiger partial charge in [-0.15, -0.1) is 0 Å². The van der Waals surface area contributed by atoms with Crippen molar-refractivity contribution in [2.75, 3.05) is 0 Å². The predicted octanol–water partition coefficient (Wildman–Crippen LogP) is 5.23. The van der Waals surface area contributed by atoms with E-state index in [1.54, 1.807) is 11.3 Å². The van der Waals surface area contributed by atoms with Crippen molar-refractivity contribution in [1.29, 1.82) is 0 Å². The van der Waals surface area contributed by atoms with E-state index in [1.807, 2.05) is 72.3 Å². The van der Waals surface area contributed by atoms with Gasteiger partial charge in [0, 0.05) is 21.9 Å². The molecule has 0 unspecified atom stereocenters. The molecule has 2 nitrogen and oxygen atoms in total. The van der Waals surface area contributed by atoms with Crippen LogP contribution in [0.5, 0.6) is 0 Å². The summed E-state index contributed by atoms with van der Waals surface area (Å²) in [5.41, 5.74) is 4.31. The SMILES string of the molecule is Cc1ccc2c(-c3ccccc3)c(C#Cc3ccsc3)c(=O)oc2c1. The zero-order valence-corrected chi connectivity index (χ0v) is 14.4. The smallest absolute Gasteiger partial charge is 0.352 e. The van der Waals surface area contributed by atoms with Crippen molar-refractivity contribution in [3.05, 3.63) is 92.5 Å². The summed E-state index contributed by atoms with van der Waals surface area (Å²) in [7, 11) is 0. The van der Waals surface area contributed by atoms with Gasteiger partial charge in [0.15, 0.2) is 0 Å². The summed E-state index contributed by atoms with van der Waals surface area (Å²) >= 11 is 1.58. The van der Waals surface area contributed by atoms with E-state index >= 15 is 0 Å². The Morgan fingerprint density at radius 2 is 1.84 bits per heavy atom. The van der Waals surface area contributed by atoms with Gasteiger partial charge in [-0.05, 0) is 35.6 Å². The fraction of sp³-hybridized carbons (Fsp3) is 0.0455. The summed E-state index contributed by atoms with van der Waals surface area (Å²) in [6, 6.07) is 17.7. The summed E-state index contributed by atoms with van der Waals surface area (Å²) < 4.78 is 5.55. The van der Waals surface area contributed by atoms with Gasteiger partial charge in [0.1, 0.15) is 11.1 Å². The first-order chi connectivity index (χ1) is 12.2. The van der Waals surface area contributed by atoms with Crippen molar-refractivity contribution in [3.63, 3.8) is 0 Å². The second-order valence-electron chi connectivity index (χ2n) is 5.77. The van der Waals surface area contributed by atoms with E-state index in [0.717, 1.165) is 27.6 Å². The molecule has 0 N–H and O–H groups in total. The molecule has 0 radical (unpaired) electrons. The second-order valence-corrected chi connectivity index (χ2v) is 6.55. The highest BCUT2D eigenvalue weighted by atomic mass is 32.1. The molecule has 4 aromatic rings. The van der Waals surface area contributed by atoms with E-state index in [-0.39, 0.29) is 0 Å². The van der Waals surface area contributed by atoms with E-state index in [1.165, 1.54) is 0 Å². The molecule has 0 aliphatic rings. The average molecular weight is 342 g/mol. The van der Waals surface area contributed by atoms with Gasteiger partial charge in [-0.25, -0.2) is 4.79 Å². The molecule has 0 aliphatic carbocycles. The van der Waals surface area contributed by atoms with Crippen molar-refractivity contribution in [3.8, 4) is 23.0 Å². The van der Waals surface area contributed by atoms with E-state index in [2.05, 4.69) is 11.8 Å². The molecule has 0 spiro atoms. The molecule has 0 fully saturated rings. The number of fused-ring (bicyclic) bond motifs is 1. The van der Waals surface area contributed by atoms with Gasteiger partial charge in [0.2, 0.25) is 0 Å². The fourth-order valence-electron chi connectivity index (χ4n) is 2.80. The van der Waals surface area contributed by atoms with Crippen LogP contribution in [0.2, 0.25) is 0 Å². The molecule has 0 saturated carbocycles. The Morgan fingerprint density at radius 3 is 2.60 bits per heavy atom. The summed E-state index contributed by atoms with van der Waals surface area (Å²) in [6.07, 6.45) is 0. The Morgan fingerprint density at radius 1 is 1.00 bits per heavy atom. The van der Waals surface area contributed by atoms with E-state index < -0.39 is 5.63 Å². The highest BCUT2D eigenvalue weighted by molar-refractivity contribution is 7.08. The van der Waals surface area contributed by atoms with Crippen LogP contribution in [0.15, 0.2) is 74.6 Å². The molecule has 0 atom stereocenters. The lowest BCUT2D eigenvalue weighted by Crippen LogP contribution is -2.07. The minimum absolute atomic E-state index is 0.397. The van der Waals surface area contributed by atoms with E-state index in [4.69, 9.17) is 4.42 Å². The van der Waals surface area contributed by atoms with Gasteiger partial charge in [-0.1, -0.05) is 54.3 Å². The van der Waals surface area contributed by atoms with Crippen LogP contribution in [-0.4, -0.2) is 0 Å². The van der Waals surface area contributed by atoms with Crippen molar-refractivity contribution in [2.24, 2.45) is 0 Å². The predicted molar refractivity (Wildman–Crippen MR) is 103 cm³/mol. The lowest BCUT2D eigenvalue weighted by atomic mass is 9.96. The number of benzene rings is 2. The van der Waals surface area contributed by atoms with Crippen LogP contribution in [0.3, 0.4) is 0 Å². The van der Waals surface area contributed by atoms with Crippen LogP contribution in [0.4, 0.5) is 0 Å². The van der Waals surface area contributed by atoms with Crippen molar-refractivity contribution in [1.82, 2.24) is 0 Å². The normalized spacial score (nSPS) is 10.4. The fourth-order valence-corrected chi connectivity index (χ4v) is 3.38. The first kappa shape index (κ1) is 15.4. The zero-order chi connectivity index (χ0) is 17.2. The molecule has 120 valence electrons. The van der Waals surface area contributed by atoms with E-state index in [9.17, 15) is 4.79 Å². The van der Waals surface area contributed by atoms with Crippen LogP contribution in [0.1, 0.15) is 16.7 Å². The van der Waals surface area contributed by atoms with Crippen molar-refractivity contribution >= 4 is 22.3 Å². The molecular weight excluding hydrogens is 328 g/mol. The Hall–Kier alpha value is -3.09. The molecule has 0 amide bonds. The third kappa shape index (κ3) is 3.00. The summed E-state index contributed by atoms with van der Waals surface area (Å²) in [4.78, 5) is 12.6. The van der Waals surface area contributed by atoms with Gasteiger partial charge in [-0.2, -0.15) is 11.3 Å². The van der Waals surface area contributed by atoms with Crippen molar-refractivity contribution in [2.45, 2.75) is 6.92 Å². The van der Waals surface area contributed by atoms with Crippen molar-refractivity contribution < 1.29 is 4.42 Å². The number of hydrogen-bond acceptors (Lipinski definition) is 3. The van der Waals surface area contributed by atoms with Gasteiger partial charge >= 0.3 is 5.63 Å². The van der Waals surface area contributed by atoms with Crippen LogP contribution in [0.25, 0.3) is 22.1 Å². The van der Waals surface area contributed by atoms with Crippen LogP contribution in [-0.2, 0) is 0 Å². The maximum absolute atomic E-state index is 12.6. The van der Waals surface area contributed by atoms with Crippen LogP contribution >= 0.6 is 11.3 Å². The maximum atomic E-state index is 12.6. The average Bonchev–Trinajstić information content (AvgIpc) is 3.13.